The third-order valence-electron chi connectivity index (χ3n) is 3.10. The summed E-state index contributed by atoms with van der Waals surface area (Å²) < 4.78 is 28.9. The van der Waals surface area contributed by atoms with E-state index in [2.05, 4.69) is 14.8 Å². The average Bonchev–Trinajstić information content (AvgIpc) is 3.09. The zero-order chi connectivity index (χ0) is 17.2. The predicted molar refractivity (Wildman–Crippen MR) is 85.3 cm³/mol. The fourth-order valence-electron chi connectivity index (χ4n) is 2.09. The van der Waals surface area contributed by atoms with Gasteiger partial charge in [-0.1, -0.05) is 12.1 Å². The van der Waals surface area contributed by atoms with E-state index >= 15 is 0 Å². The lowest BCUT2D eigenvalue weighted by molar-refractivity contribution is -0.387. The summed E-state index contributed by atoms with van der Waals surface area (Å²) in [5, 5.41) is 15.1. The summed E-state index contributed by atoms with van der Waals surface area (Å²) >= 11 is 0. The van der Waals surface area contributed by atoms with Gasteiger partial charge in [0.2, 0.25) is 0 Å². The van der Waals surface area contributed by atoms with Crippen LogP contribution in [-0.4, -0.2) is 28.1 Å². The van der Waals surface area contributed by atoms with Gasteiger partial charge >= 0.3 is 0 Å². The molecule has 0 radical (unpaired) electrons. The van der Waals surface area contributed by atoms with Crippen LogP contribution in [0.5, 0.6) is 0 Å². The molecule has 0 amide bonds. The summed E-state index contributed by atoms with van der Waals surface area (Å²) in [6, 6.07) is 9.82. The van der Waals surface area contributed by atoms with Crippen LogP contribution < -0.4 is 4.72 Å². The zero-order valence-electron chi connectivity index (χ0n) is 12.1. The lowest BCUT2D eigenvalue weighted by atomic mass is 10.3. The first-order chi connectivity index (χ1) is 11.5. The van der Waals surface area contributed by atoms with Gasteiger partial charge in [-0.15, -0.1) is 0 Å². The van der Waals surface area contributed by atoms with Gasteiger partial charge in [0.1, 0.15) is 0 Å². The lowest BCUT2D eigenvalue weighted by Crippen LogP contribution is -2.16. The first-order valence-corrected chi connectivity index (χ1v) is 8.18. The maximum atomic E-state index is 12.6. The second-order valence-electron chi connectivity index (χ2n) is 4.66. The van der Waals surface area contributed by atoms with Crippen LogP contribution in [-0.2, 0) is 10.0 Å². The molecule has 2 heterocycles. The van der Waals surface area contributed by atoms with Crippen molar-refractivity contribution in [3.63, 3.8) is 0 Å². The Hall–Kier alpha value is -3.27. The van der Waals surface area contributed by atoms with Crippen LogP contribution in [0.15, 0.2) is 66.0 Å². The summed E-state index contributed by atoms with van der Waals surface area (Å²) in [6.45, 7) is 0. The fraction of sp³-hybridized carbons (Fsp3) is 0. The Kier molecular flexibility index (Phi) is 3.96. The highest BCUT2D eigenvalue weighted by Gasteiger charge is 2.26. The number of nitrogens with zero attached hydrogens (tertiary/aromatic N) is 4. The molecule has 0 fully saturated rings. The van der Waals surface area contributed by atoms with Gasteiger partial charge in [0.15, 0.2) is 10.7 Å². The number of anilines is 1. The molecule has 10 heteroatoms. The van der Waals surface area contributed by atoms with Crippen LogP contribution in [0.2, 0.25) is 0 Å². The van der Waals surface area contributed by atoms with E-state index in [-0.39, 0.29) is 11.5 Å². The summed E-state index contributed by atoms with van der Waals surface area (Å²) in [5.74, 6) is 0.254. The maximum absolute atomic E-state index is 12.6. The third-order valence-corrected chi connectivity index (χ3v) is 4.52. The van der Waals surface area contributed by atoms with Crippen molar-refractivity contribution >= 4 is 21.4 Å². The highest BCUT2D eigenvalue weighted by Crippen LogP contribution is 2.26. The number of rotatable bonds is 5. The van der Waals surface area contributed by atoms with Crippen molar-refractivity contribution < 1.29 is 13.3 Å². The standard InChI is InChI=1S/C14H11N5O4S/c20-19(21)12-6-1-2-7-13(12)24(22,23)17-11-5-3-8-15-14(11)18-10-4-9-16-18/h1-10,17H. The largest absolute Gasteiger partial charge is 0.289 e. The summed E-state index contributed by atoms with van der Waals surface area (Å²) in [6.07, 6.45) is 4.61. The van der Waals surface area contributed by atoms with E-state index in [0.717, 1.165) is 6.07 Å². The molecule has 3 aromatic rings. The third kappa shape index (κ3) is 2.94. The molecule has 0 spiro atoms. The smallest absolute Gasteiger partial charge is 0.276 e. The lowest BCUT2D eigenvalue weighted by Gasteiger charge is -2.11. The Morgan fingerprint density at radius 2 is 1.88 bits per heavy atom. The van der Waals surface area contributed by atoms with E-state index in [4.69, 9.17) is 0 Å². The Morgan fingerprint density at radius 1 is 1.08 bits per heavy atom. The second kappa shape index (κ2) is 6.08. The SMILES string of the molecule is O=[N+]([O-])c1ccccc1S(=O)(=O)Nc1cccnc1-n1cccn1. The second-order valence-corrected chi connectivity index (χ2v) is 6.31. The van der Waals surface area contributed by atoms with E-state index in [1.54, 1.807) is 18.3 Å². The minimum Gasteiger partial charge on any atom is -0.276 e. The molecule has 2 aromatic heterocycles. The Balaban J connectivity index is 2.05. The van der Waals surface area contributed by atoms with Gasteiger partial charge in [-0.25, -0.2) is 18.1 Å². The topological polar surface area (TPSA) is 120 Å². The minimum absolute atomic E-state index is 0.152. The predicted octanol–water partition coefficient (Wildman–Crippen LogP) is 1.98. The average molecular weight is 345 g/mol. The van der Waals surface area contributed by atoms with Gasteiger partial charge in [-0.3, -0.25) is 14.8 Å². The summed E-state index contributed by atoms with van der Waals surface area (Å²) in [4.78, 5) is 14.0. The molecule has 0 aliphatic carbocycles. The van der Waals surface area contributed by atoms with Crippen molar-refractivity contribution in [2.45, 2.75) is 4.90 Å². The number of nitrogens with one attached hydrogen (secondary N) is 1. The molecule has 3 rings (SSSR count). The Labute approximate surface area is 136 Å². The van der Waals surface area contributed by atoms with Crippen molar-refractivity contribution in [2.24, 2.45) is 0 Å². The zero-order valence-corrected chi connectivity index (χ0v) is 12.9. The molecule has 1 aromatic carbocycles. The number of hydrogen-bond donors (Lipinski definition) is 1. The first-order valence-electron chi connectivity index (χ1n) is 6.70. The number of aromatic nitrogens is 3. The molecule has 122 valence electrons. The number of nitro groups is 1. The van der Waals surface area contributed by atoms with Crippen LogP contribution in [0.25, 0.3) is 5.82 Å². The van der Waals surface area contributed by atoms with Crippen LogP contribution in [0.1, 0.15) is 0 Å². The number of pyridine rings is 1. The number of sulfonamides is 1. The quantitative estimate of drug-likeness (QED) is 0.557. The van der Waals surface area contributed by atoms with E-state index in [1.165, 1.54) is 41.3 Å². The molecule has 0 atom stereocenters. The van der Waals surface area contributed by atoms with Gasteiger partial charge in [0.05, 0.1) is 10.6 Å². The molecule has 0 bridgehead atoms. The molecule has 9 nitrogen and oxygen atoms in total. The highest BCUT2D eigenvalue weighted by atomic mass is 32.2. The van der Waals surface area contributed by atoms with E-state index in [0.29, 0.717) is 0 Å². The molecular formula is C14H11N5O4S. The minimum atomic E-state index is -4.18. The molecular weight excluding hydrogens is 334 g/mol. The number of nitro benzene ring substituents is 1. The van der Waals surface area contributed by atoms with Crippen molar-refractivity contribution in [3.8, 4) is 5.82 Å². The van der Waals surface area contributed by atoms with E-state index in [1.807, 2.05) is 0 Å². The Morgan fingerprint density at radius 3 is 2.58 bits per heavy atom. The maximum Gasteiger partial charge on any atom is 0.289 e. The van der Waals surface area contributed by atoms with Gasteiger partial charge in [0, 0.05) is 24.7 Å². The van der Waals surface area contributed by atoms with Crippen molar-refractivity contribution in [2.75, 3.05) is 4.72 Å². The first kappa shape index (κ1) is 15.6. The van der Waals surface area contributed by atoms with Crippen molar-refractivity contribution in [3.05, 3.63) is 71.2 Å². The van der Waals surface area contributed by atoms with Gasteiger partial charge < -0.3 is 0 Å². The van der Waals surface area contributed by atoms with E-state index in [9.17, 15) is 18.5 Å². The van der Waals surface area contributed by atoms with Crippen LogP contribution in [0, 0.1) is 10.1 Å². The normalized spacial score (nSPS) is 11.2. The highest BCUT2D eigenvalue weighted by molar-refractivity contribution is 7.92. The number of benzene rings is 1. The molecule has 0 aliphatic heterocycles. The molecule has 24 heavy (non-hydrogen) atoms. The van der Waals surface area contributed by atoms with Crippen LogP contribution >= 0.6 is 0 Å². The summed E-state index contributed by atoms with van der Waals surface area (Å²) in [7, 11) is -4.18. The molecule has 0 saturated heterocycles. The number of hydrogen-bond acceptors (Lipinski definition) is 6. The van der Waals surface area contributed by atoms with Crippen molar-refractivity contribution in [1.82, 2.24) is 14.8 Å². The Bertz CT molecular complexity index is 986. The molecule has 0 saturated carbocycles. The van der Waals surface area contributed by atoms with Gasteiger partial charge in [0.25, 0.3) is 15.7 Å². The van der Waals surface area contributed by atoms with E-state index < -0.39 is 25.5 Å². The molecule has 0 unspecified atom stereocenters. The molecule has 1 N–H and O–H groups in total. The van der Waals surface area contributed by atoms with Crippen LogP contribution in [0.4, 0.5) is 11.4 Å². The fourth-order valence-corrected chi connectivity index (χ4v) is 3.32. The van der Waals surface area contributed by atoms with Crippen LogP contribution in [0.3, 0.4) is 0 Å². The van der Waals surface area contributed by atoms with Gasteiger partial charge in [-0.05, 0) is 24.3 Å². The molecule has 0 aliphatic rings. The monoisotopic (exact) mass is 345 g/mol. The number of para-hydroxylation sites is 1. The van der Waals surface area contributed by atoms with Gasteiger partial charge in [-0.2, -0.15) is 5.10 Å². The summed E-state index contributed by atoms with van der Waals surface area (Å²) in [5.41, 5.74) is -0.353. The van der Waals surface area contributed by atoms with Crippen molar-refractivity contribution in [1.29, 1.82) is 0 Å².